The van der Waals surface area contributed by atoms with E-state index in [1.165, 1.54) is 10.9 Å². The molecule has 0 amide bonds. The van der Waals surface area contributed by atoms with Crippen molar-refractivity contribution in [3.63, 3.8) is 0 Å². The van der Waals surface area contributed by atoms with E-state index in [4.69, 9.17) is 16.3 Å². The van der Waals surface area contributed by atoms with E-state index in [-0.39, 0.29) is 17.3 Å². The molecule has 0 saturated heterocycles. The molecule has 0 aliphatic heterocycles. The molecule has 146 valence electrons. The molecule has 0 spiro atoms. The highest BCUT2D eigenvalue weighted by Gasteiger charge is 2.21. The topological polar surface area (TPSA) is 94.8 Å². The largest absolute Gasteiger partial charge is 0.462 e. The van der Waals surface area contributed by atoms with Crippen molar-refractivity contribution in [2.45, 2.75) is 13.8 Å². The first-order valence-corrected chi connectivity index (χ1v) is 9.32. The molecule has 0 atom stereocenters. The summed E-state index contributed by atoms with van der Waals surface area (Å²) in [5.74, 6) is 1.33. The zero-order chi connectivity index (χ0) is 20.4. The van der Waals surface area contributed by atoms with Gasteiger partial charge in [-0.1, -0.05) is 29.8 Å². The second kappa shape index (κ2) is 7.84. The predicted octanol–water partition coefficient (Wildman–Crippen LogP) is 4.09. The molecule has 8 nitrogen and oxygen atoms in total. The normalized spacial score (nSPS) is 10.9. The van der Waals surface area contributed by atoms with Crippen molar-refractivity contribution in [1.82, 2.24) is 24.7 Å². The van der Waals surface area contributed by atoms with E-state index >= 15 is 0 Å². The second-order valence-electron chi connectivity index (χ2n) is 6.15. The number of anilines is 2. The third-order valence-corrected chi connectivity index (χ3v) is 4.31. The predicted molar refractivity (Wildman–Crippen MR) is 110 cm³/mol. The van der Waals surface area contributed by atoms with Crippen LogP contribution >= 0.6 is 11.6 Å². The van der Waals surface area contributed by atoms with E-state index in [1.54, 1.807) is 19.9 Å². The lowest BCUT2D eigenvalue weighted by atomic mass is 10.2. The Labute approximate surface area is 171 Å². The van der Waals surface area contributed by atoms with Crippen LogP contribution in [-0.2, 0) is 4.74 Å². The minimum atomic E-state index is -0.501. The van der Waals surface area contributed by atoms with Crippen LogP contribution in [0.3, 0.4) is 0 Å². The first kappa shape index (κ1) is 18.8. The highest BCUT2D eigenvalue weighted by atomic mass is 35.5. The molecule has 4 rings (SSSR count). The van der Waals surface area contributed by atoms with Crippen molar-refractivity contribution < 1.29 is 9.53 Å². The molecule has 9 heteroatoms. The summed E-state index contributed by atoms with van der Waals surface area (Å²) >= 11 is 6.05. The van der Waals surface area contributed by atoms with Crippen molar-refractivity contribution in [3.05, 3.63) is 65.2 Å². The molecule has 3 heterocycles. The molecule has 0 aliphatic rings. The van der Waals surface area contributed by atoms with Crippen LogP contribution in [0.4, 0.5) is 11.6 Å². The number of pyridine rings is 1. The number of aryl methyl sites for hydroxylation is 1. The first-order chi connectivity index (χ1) is 14.0. The summed E-state index contributed by atoms with van der Waals surface area (Å²) in [4.78, 5) is 25.5. The Bertz CT molecular complexity index is 1190. The van der Waals surface area contributed by atoms with E-state index in [1.807, 2.05) is 36.4 Å². The van der Waals surface area contributed by atoms with Crippen LogP contribution < -0.4 is 5.32 Å². The molecule has 0 bridgehead atoms. The van der Waals surface area contributed by atoms with Gasteiger partial charge in [0.25, 0.3) is 0 Å². The van der Waals surface area contributed by atoms with Gasteiger partial charge in [-0.15, -0.1) is 0 Å². The maximum absolute atomic E-state index is 12.5. The summed E-state index contributed by atoms with van der Waals surface area (Å²) in [5, 5.41) is 8.75. The van der Waals surface area contributed by atoms with Crippen LogP contribution in [0.1, 0.15) is 23.1 Å². The van der Waals surface area contributed by atoms with Gasteiger partial charge in [0, 0.05) is 11.5 Å². The van der Waals surface area contributed by atoms with Crippen molar-refractivity contribution in [2.24, 2.45) is 0 Å². The van der Waals surface area contributed by atoms with Gasteiger partial charge in [-0.3, -0.25) is 0 Å². The number of benzene rings is 1. The molecule has 0 radical (unpaired) electrons. The molecule has 29 heavy (non-hydrogen) atoms. The second-order valence-corrected chi connectivity index (χ2v) is 6.54. The average molecular weight is 409 g/mol. The number of carbonyl (C=O) groups excluding carboxylic acids is 1. The van der Waals surface area contributed by atoms with Crippen LogP contribution in [0.2, 0.25) is 5.15 Å². The van der Waals surface area contributed by atoms with E-state index < -0.39 is 5.97 Å². The number of halogens is 1. The minimum Gasteiger partial charge on any atom is -0.462 e. The van der Waals surface area contributed by atoms with Gasteiger partial charge in [-0.2, -0.15) is 9.78 Å². The van der Waals surface area contributed by atoms with Crippen LogP contribution in [0.25, 0.3) is 16.7 Å². The first-order valence-electron chi connectivity index (χ1n) is 8.94. The minimum absolute atomic E-state index is 0.246. The third kappa shape index (κ3) is 3.88. The van der Waals surface area contributed by atoms with Crippen LogP contribution in [-0.4, -0.2) is 37.3 Å². The zero-order valence-corrected chi connectivity index (χ0v) is 16.5. The molecular weight excluding hydrogens is 392 g/mol. The Morgan fingerprint density at radius 1 is 1.17 bits per heavy atom. The lowest BCUT2D eigenvalue weighted by molar-refractivity contribution is 0.0527. The number of para-hydroxylation sites is 1. The Hall–Kier alpha value is -3.52. The maximum Gasteiger partial charge on any atom is 0.343 e. The number of hydrogen-bond acceptors (Lipinski definition) is 7. The van der Waals surface area contributed by atoms with E-state index in [0.717, 1.165) is 10.9 Å². The van der Waals surface area contributed by atoms with E-state index in [0.29, 0.717) is 23.3 Å². The number of nitrogens with one attached hydrogen (secondary N) is 1. The summed E-state index contributed by atoms with van der Waals surface area (Å²) in [7, 11) is 0. The summed E-state index contributed by atoms with van der Waals surface area (Å²) < 4.78 is 6.69. The highest BCUT2D eigenvalue weighted by molar-refractivity contribution is 6.29. The molecule has 0 unspecified atom stereocenters. The molecule has 0 fully saturated rings. The van der Waals surface area contributed by atoms with Crippen molar-refractivity contribution in [3.8, 4) is 5.82 Å². The summed E-state index contributed by atoms with van der Waals surface area (Å²) in [6.45, 7) is 3.72. The molecule has 0 aliphatic carbocycles. The molecule has 0 saturated carbocycles. The van der Waals surface area contributed by atoms with E-state index in [9.17, 15) is 4.79 Å². The van der Waals surface area contributed by atoms with Gasteiger partial charge in [-0.05, 0) is 32.0 Å². The zero-order valence-electron chi connectivity index (χ0n) is 15.8. The molecule has 3 aromatic heterocycles. The van der Waals surface area contributed by atoms with Crippen LogP contribution in [0, 0.1) is 6.92 Å². The average Bonchev–Trinajstić information content (AvgIpc) is 3.10. The number of rotatable bonds is 5. The number of fused-ring (bicyclic) bond motifs is 1. The lowest BCUT2D eigenvalue weighted by Crippen LogP contribution is -2.11. The van der Waals surface area contributed by atoms with Crippen LogP contribution in [0.5, 0.6) is 0 Å². The fraction of sp³-hybridized carbons (Fsp3) is 0.150. The number of esters is 1. The monoisotopic (exact) mass is 408 g/mol. The Kier molecular flexibility index (Phi) is 5.09. The quantitative estimate of drug-likeness (QED) is 0.392. The maximum atomic E-state index is 12.5. The third-order valence-electron chi connectivity index (χ3n) is 4.12. The van der Waals surface area contributed by atoms with E-state index in [2.05, 4.69) is 25.4 Å². The molecule has 1 aromatic carbocycles. The van der Waals surface area contributed by atoms with Gasteiger partial charge in [0.1, 0.15) is 22.4 Å². The van der Waals surface area contributed by atoms with Gasteiger partial charge in [0.15, 0.2) is 11.6 Å². The number of hydrogen-bond donors (Lipinski definition) is 1. The SMILES string of the molecule is CCOC(=O)c1cnn(-c2ccc3ccccc3n2)c1Nc1cc(Cl)nc(C)n1. The number of carbonyl (C=O) groups is 1. The number of aromatic nitrogens is 5. The lowest BCUT2D eigenvalue weighted by Gasteiger charge is -2.12. The van der Waals surface area contributed by atoms with Crippen molar-refractivity contribution >= 4 is 40.1 Å². The Morgan fingerprint density at radius 2 is 2.00 bits per heavy atom. The van der Waals surface area contributed by atoms with Gasteiger partial charge in [0.05, 0.1) is 18.3 Å². The number of ether oxygens (including phenoxy) is 1. The van der Waals surface area contributed by atoms with Gasteiger partial charge in [-0.25, -0.2) is 19.7 Å². The summed E-state index contributed by atoms with van der Waals surface area (Å²) in [6, 6.07) is 13.1. The molecular formula is C20H17ClN6O2. The van der Waals surface area contributed by atoms with Gasteiger partial charge < -0.3 is 10.1 Å². The smallest absolute Gasteiger partial charge is 0.343 e. The number of nitrogens with zero attached hydrogens (tertiary/aromatic N) is 5. The van der Waals surface area contributed by atoms with Gasteiger partial charge >= 0.3 is 5.97 Å². The summed E-state index contributed by atoms with van der Waals surface area (Å²) in [5.41, 5.74) is 1.07. The fourth-order valence-electron chi connectivity index (χ4n) is 2.89. The molecule has 4 aromatic rings. The van der Waals surface area contributed by atoms with Crippen molar-refractivity contribution in [1.29, 1.82) is 0 Å². The Balaban J connectivity index is 1.83. The van der Waals surface area contributed by atoms with Crippen LogP contribution in [0.15, 0.2) is 48.7 Å². The Morgan fingerprint density at radius 3 is 2.79 bits per heavy atom. The van der Waals surface area contributed by atoms with Gasteiger partial charge in [0.2, 0.25) is 0 Å². The highest BCUT2D eigenvalue weighted by Crippen LogP contribution is 2.25. The fourth-order valence-corrected chi connectivity index (χ4v) is 3.12. The van der Waals surface area contributed by atoms with Crippen molar-refractivity contribution in [2.75, 3.05) is 11.9 Å². The molecule has 1 N–H and O–H groups in total. The standard InChI is InChI=1S/C20H17ClN6O2/c1-3-29-20(28)14-11-22-27(18-9-8-13-6-4-5-7-15(13)25-18)19(14)26-17-10-16(21)23-12(2)24-17/h4-11H,3H2,1-2H3,(H,23,24,26). The summed E-state index contributed by atoms with van der Waals surface area (Å²) in [6.07, 6.45) is 1.44.